The molecule has 0 bridgehead atoms. The first-order valence-corrected chi connectivity index (χ1v) is 13.0. The number of ether oxygens (including phenoxy) is 1. The van der Waals surface area contributed by atoms with E-state index in [0.29, 0.717) is 38.1 Å². The zero-order chi connectivity index (χ0) is 29.1. The molecular weight excluding hydrogens is 545 g/mol. The minimum absolute atomic E-state index is 0.0199. The van der Waals surface area contributed by atoms with Gasteiger partial charge < -0.3 is 14.5 Å². The first-order chi connectivity index (χ1) is 18.8. The fraction of sp³-hybridized carbons (Fsp3) is 0.500. The second-order valence-corrected chi connectivity index (χ2v) is 10.2. The van der Waals surface area contributed by atoms with Crippen molar-refractivity contribution >= 4 is 11.8 Å². The van der Waals surface area contributed by atoms with Crippen LogP contribution in [0, 0.1) is 11.7 Å². The van der Waals surface area contributed by atoms with Gasteiger partial charge in [0, 0.05) is 38.0 Å². The molecule has 0 radical (unpaired) electrons. The average Bonchev–Trinajstić information content (AvgIpc) is 3.57. The highest BCUT2D eigenvalue weighted by atomic mass is 19.4. The molecule has 3 unspecified atom stereocenters. The Morgan fingerprint density at radius 3 is 2.02 bits per heavy atom. The third kappa shape index (κ3) is 7.52. The number of carbonyl (C=O) groups is 2. The number of rotatable bonds is 4. The molecule has 0 saturated carbocycles. The Balaban J connectivity index is 0.000000461. The van der Waals surface area contributed by atoms with Crippen LogP contribution >= 0.6 is 0 Å². The van der Waals surface area contributed by atoms with E-state index in [0.717, 1.165) is 12.8 Å². The van der Waals surface area contributed by atoms with Crippen molar-refractivity contribution in [3.63, 3.8) is 0 Å². The number of amides is 2. The van der Waals surface area contributed by atoms with Crippen molar-refractivity contribution in [3.05, 3.63) is 71.0 Å². The van der Waals surface area contributed by atoms with E-state index in [4.69, 9.17) is 4.74 Å². The van der Waals surface area contributed by atoms with Crippen molar-refractivity contribution < 1.29 is 45.1 Å². The number of fused-ring (bicyclic) bond motifs is 1. The van der Waals surface area contributed by atoms with Crippen molar-refractivity contribution in [1.29, 1.82) is 0 Å². The molecule has 5 nitrogen and oxygen atoms in total. The van der Waals surface area contributed by atoms with Crippen LogP contribution < -0.4 is 0 Å². The Bertz CT molecular complexity index is 1150. The summed E-state index contributed by atoms with van der Waals surface area (Å²) in [6.45, 7) is 1.16. The van der Waals surface area contributed by atoms with E-state index < -0.39 is 42.1 Å². The molecule has 0 aliphatic carbocycles. The quantitative estimate of drug-likeness (QED) is 0.417. The van der Waals surface area contributed by atoms with Crippen LogP contribution in [0.5, 0.6) is 0 Å². The molecule has 218 valence electrons. The molecule has 2 aromatic rings. The number of nitrogens with zero attached hydrogens (tertiary/aromatic N) is 2. The van der Waals surface area contributed by atoms with Gasteiger partial charge in [-0.1, -0.05) is 18.2 Å². The van der Waals surface area contributed by atoms with Gasteiger partial charge in [0.25, 0.3) is 0 Å². The van der Waals surface area contributed by atoms with Gasteiger partial charge in [-0.15, -0.1) is 0 Å². The molecular formula is C28H29F7N2O3. The van der Waals surface area contributed by atoms with Gasteiger partial charge in [0.1, 0.15) is 5.82 Å². The summed E-state index contributed by atoms with van der Waals surface area (Å²) >= 11 is 0. The van der Waals surface area contributed by atoms with E-state index in [9.17, 15) is 40.3 Å². The van der Waals surface area contributed by atoms with Crippen molar-refractivity contribution in [2.24, 2.45) is 5.92 Å². The lowest BCUT2D eigenvalue weighted by Crippen LogP contribution is -2.47. The molecule has 3 aliphatic rings. The largest absolute Gasteiger partial charge is 0.416 e. The van der Waals surface area contributed by atoms with Crippen molar-refractivity contribution in [3.8, 4) is 0 Å². The highest BCUT2D eigenvalue weighted by molar-refractivity contribution is 5.87. The lowest BCUT2D eigenvalue weighted by molar-refractivity contribution is -0.146. The fourth-order valence-electron chi connectivity index (χ4n) is 5.38. The van der Waals surface area contributed by atoms with E-state index in [1.165, 1.54) is 12.1 Å². The lowest BCUT2D eigenvalue weighted by atomic mass is 9.89. The van der Waals surface area contributed by atoms with Crippen molar-refractivity contribution in [2.75, 3.05) is 19.6 Å². The fourth-order valence-corrected chi connectivity index (χ4v) is 5.38. The summed E-state index contributed by atoms with van der Waals surface area (Å²) in [5, 5.41) is 0. The topological polar surface area (TPSA) is 49.9 Å². The molecule has 3 aliphatic heterocycles. The molecule has 5 rings (SSSR count). The van der Waals surface area contributed by atoms with Crippen LogP contribution in [-0.2, 0) is 33.3 Å². The van der Waals surface area contributed by atoms with Crippen molar-refractivity contribution in [2.45, 2.75) is 63.2 Å². The number of carbonyl (C=O) groups excluding carboxylic acids is 2. The van der Waals surface area contributed by atoms with Crippen LogP contribution in [0.25, 0.3) is 0 Å². The van der Waals surface area contributed by atoms with E-state index >= 15 is 0 Å². The molecule has 2 amide bonds. The SMILES string of the molecule is Fc1ccccc1.O=C(C1CC(=O)N2CC(OCc3cc(C(F)(F)F)cc(C(F)(F)F)c3)CC2C1)N1CCCC1. The standard InChI is InChI=1S/C22H24F6N2O3.C6H5F/c23-21(24,25)15-5-13(6-16(9-15)22(26,27)28)12-33-18-10-17-7-14(8-19(31)30(17)11-18)20(32)29-3-1-2-4-29;7-6-4-2-1-3-5-6/h5-6,9,14,17-18H,1-4,7-8,10-12H2;1-5H. The highest BCUT2D eigenvalue weighted by Gasteiger charge is 2.44. The summed E-state index contributed by atoms with van der Waals surface area (Å²) in [5.74, 6) is -0.766. The number of likely N-dealkylation sites (tertiary alicyclic amines) is 1. The molecule has 3 heterocycles. The predicted octanol–water partition coefficient (Wildman–Crippen LogP) is 6.07. The molecule has 12 heteroatoms. The Morgan fingerprint density at radius 1 is 0.900 bits per heavy atom. The zero-order valence-electron chi connectivity index (χ0n) is 21.5. The molecule has 0 N–H and O–H groups in total. The predicted molar refractivity (Wildman–Crippen MR) is 130 cm³/mol. The Morgan fingerprint density at radius 2 is 1.50 bits per heavy atom. The first kappa shape index (κ1) is 29.8. The first-order valence-electron chi connectivity index (χ1n) is 13.0. The van der Waals surface area contributed by atoms with E-state index in [-0.39, 0.29) is 48.3 Å². The average molecular weight is 575 g/mol. The van der Waals surface area contributed by atoms with Gasteiger partial charge in [-0.3, -0.25) is 9.59 Å². The monoisotopic (exact) mass is 574 g/mol. The van der Waals surface area contributed by atoms with Crippen molar-refractivity contribution in [1.82, 2.24) is 9.80 Å². The minimum atomic E-state index is -4.92. The number of hydrogen-bond acceptors (Lipinski definition) is 3. The summed E-state index contributed by atoms with van der Waals surface area (Å²) in [7, 11) is 0. The maximum atomic E-state index is 13.1. The van der Waals surface area contributed by atoms with Crippen LogP contribution in [0.3, 0.4) is 0 Å². The smallest absolute Gasteiger partial charge is 0.372 e. The molecule has 0 aromatic heterocycles. The van der Waals surface area contributed by atoms with Crippen LogP contribution in [0.4, 0.5) is 30.7 Å². The second kappa shape index (κ2) is 12.2. The van der Waals surface area contributed by atoms with Crippen LogP contribution in [0.1, 0.15) is 48.8 Å². The van der Waals surface area contributed by atoms with Gasteiger partial charge in [0.05, 0.1) is 23.8 Å². The molecule has 3 atom stereocenters. The maximum Gasteiger partial charge on any atom is 0.416 e. The second-order valence-electron chi connectivity index (χ2n) is 10.2. The highest BCUT2D eigenvalue weighted by Crippen LogP contribution is 2.37. The molecule has 3 saturated heterocycles. The summed E-state index contributed by atoms with van der Waals surface area (Å²) in [6.07, 6.45) is -7.48. The number of hydrogen-bond donors (Lipinski definition) is 0. The van der Waals surface area contributed by atoms with Gasteiger partial charge >= 0.3 is 12.4 Å². The third-order valence-electron chi connectivity index (χ3n) is 7.31. The summed E-state index contributed by atoms with van der Waals surface area (Å²) in [5.41, 5.74) is -3.02. The van der Waals surface area contributed by atoms with Gasteiger partial charge in [-0.25, -0.2) is 4.39 Å². The number of benzene rings is 2. The summed E-state index contributed by atoms with van der Waals surface area (Å²) in [4.78, 5) is 28.7. The molecule has 2 aromatic carbocycles. The number of piperidine rings is 1. The van der Waals surface area contributed by atoms with Gasteiger partial charge in [-0.2, -0.15) is 26.3 Å². The van der Waals surface area contributed by atoms with Crippen LogP contribution in [0.15, 0.2) is 48.5 Å². The summed E-state index contributed by atoms with van der Waals surface area (Å²) < 4.78 is 95.9. The number of alkyl halides is 6. The summed E-state index contributed by atoms with van der Waals surface area (Å²) in [6, 6.07) is 9.09. The van der Waals surface area contributed by atoms with Gasteiger partial charge in [0.15, 0.2) is 0 Å². The molecule has 3 fully saturated rings. The normalized spacial score (nSPS) is 23.1. The Labute approximate surface area is 226 Å². The van der Waals surface area contributed by atoms with E-state index in [2.05, 4.69) is 0 Å². The van der Waals surface area contributed by atoms with Gasteiger partial charge in [-0.05, 0) is 61.6 Å². The number of halogens is 7. The zero-order valence-corrected chi connectivity index (χ0v) is 21.5. The Hall–Kier alpha value is -3.15. The molecule has 0 spiro atoms. The minimum Gasteiger partial charge on any atom is -0.372 e. The maximum absolute atomic E-state index is 13.1. The Kier molecular flexibility index (Phi) is 9.06. The van der Waals surface area contributed by atoms with Crippen LogP contribution in [-0.4, -0.2) is 53.4 Å². The van der Waals surface area contributed by atoms with E-state index in [1.807, 2.05) is 0 Å². The van der Waals surface area contributed by atoms with Crippen LogP contribution in [0.2, 0.25) is 0 Å². The van der Waals surface area contributed by atoms with Gasteiger partial charge in [0.2, 0.25) is 11.8 Å². The van der Waals surface area contributed by atoms with E-state index in [1.54, 1.807) is 28.0 Å². The third-order valence-corrected chi connectivity index (χ3v) is 7.31. The molecule has 40 heavy (non-hydrogen) atoms. The lowest BCUT2D eigenvalue weighted by Gasteiger charge is -2.35.